The van der Waals surface area contributed by atoms with Crippen LogP contribution in [0.1, 0.15) is 6.92 Å². The van der Waals surface area contributed by atoms with Crippen LogP contribution in [0.2, 0.25) is 0 Å². The first-order chi connectivity index (χ1) is 15.1. The number of aliphatic hydroxyl groups is 2. The zero-order valence-corrected chi connectivity index (χ0v) is 56.0. The van der Waals surface area contributed by atoms with Gasteiger partial charge in [0, 0.05) is 33.2 Å². The van der Waals surface area contributed by atoms with E-state index in [-0.39, 0.29) is 406 Å². The summed E-state index contributed by atoms with van der Waals surface area (Å²) in [5.41, 5.74) is 0. The Bertz CT molecular complexity index is 793. The Morgan fingerprint density at radius 2 is 0.706 bits per heavy atom. The molecule has 2 unspecified atom stereocenters. The van der Waals surface area contributed by atoms with Gasteiger partial charge in [-0.2, -0.15) is 0 Å². The molecule has 0 aliphatic carbocycles. The van der Waals surface area contributed by atoms with Crippen molar-refractivity contribution in [2.45, 2.75) is 19.1 Å². The van der Waals surface area contributed by atoms with Crippen molar-refractivity contribution in [1.29, 1.82) is 0 Å². The maximum Gasteiger partial charge on any atom is 2.00 e. The van der Waals surface area contributed by atoms with Gasteiger partial charge >= 0.3 is 346 Å². The van der Waals surface area contributed by atoms with Gasteiger partial charge in [-0.25, -0.2) is 0 Å². The van der Waals surface area contributed by atoms with E-state index in [1.54, 1.807) is 0 Å². The molecule has 0 saturated heterocycles. The number of carbonyl (C=O) groups excluding carboxylic acids is 4. The molecule has 0 amide bonds. The summed E-state index contributed by atoms with van der Waals surface area (Å²) in [6.45, 7) is 0.472. The van der Waals surface area contributed by atoms with Gasteiger partial charge in [-0.15, -0.1) is 12.4 Å². The number of halogens is 4. The second kappa shape index (κ2) is 107. The summed E-state index contributed by atoms with van der Waals surface area (Å²) >= 11 is 0. The van der Waals surface area contributed by atoms with Gasteiger partial charge in [0.15, 0.2) is 0 Å². The third-order valence-electron chi connectivity index (χ3n) is 0.782. The summed E-state index contributed by atoms with van der Waals surface area (Å²) in [4.78, 5) is 52.9. The Kier molecular flexibility index (Phi) is 321. The van der Waals surface area contributed by atoms with Gasteiger partial charge in [0.1, 0.15) is 12.2 Å². The molecule has 0 aromatic heterocycles. The van der Waals surface area contributed by atoms with E-state index in [4.69, 9.17) is 95.7 Å². The van der Waals surface area contributed by atoms with Gasteiger partial charge in [-0.1, -0.05) is 0 Å². The molecule has 0 aromatic carbocycles. The van der Waals surface area contributed by atoms with E-state index in [0.717, 1.165) is 6.92 Å². The molecule has 0 radical (unpaired) electrons. The van der Waals surface area contributed by atoms with Gasteiger partial charge in [0.05, 0.1) is 22.1 Å². The molecule has 252 valence electrons. The minimum atomic E-state index is -5.17. The topological polar surface area (TPSA) is 529 Å². The zero-order chi connectivity index (χ0) is 30.7. The molecule has 44 heteroatoms. The van der Waals surface area contributed by atoms with Crippen molar-refractivity contribution in [2.24, 2.45) is 0 Å². The van der Waals surface area contributed by atoms with Crippen molar-refractivity contribution < 1.29 is 414 Å². The molecule has 0 aromatic rings. The number of aliphatic hydroxyl groups excluding tert-OH is 2. The number of rotatable bonds is 3. The first-order valence-electron chi connectivity index (χ1n) is 6.05. The van der Waals surface area contributed by atoms with E-state index in [9.17, 15) is 19.8 Å². The van der Waals surface area contributed by atoms with Crippen LogP contribution >= 0.6 is 12.4 Å². The summed E-state index contributed by atoms with van der Waals surface area (Å²) in [6.07, 6.45) is -4.88. The van der Waals surface area contributed by atoms with Gasteiger partial charge in [-0.3, -0.25) is 16.8 Å². The van der Waals surface area contributed by atoms with E-state index >= 15 is 0 Å². The molecule has 0 bridgehead atoms. The molecule has 0 heterocycles. The maximum absolute atomic E-state index is 9.63. The Morgan fingerprint density at radius 3 is 0.725 bits per heavy atom. The number of nitrogens with zero attached hydrogens (tertiary/aromatic N) is 2. The van der Waals surface area contributed by atoms with Crippen LogP contribution in [0.5, 0.6) is 0 Å². The van der Waals surface area contributed by atoms with Gasteiger partial charge in [0.25, 0.3) is 0 Å². The smallest absolute Gasteiger partial charge is 1.00 e. The Hall–Kier alpha value is 8.73. The van der Waals surface area contributed by atoms with E-state index in [2.05, 4.69) is 0 Å². The van der Waals surface area contributed by atoms with Crippen molar-refractivity contribution >= 4 is 126 Å². The Morgan fingerprint density at radius 1 is 0.667 bits per heavy atom. The first kappa shape index (κ1) is 153. The fourth-order valence-electron chi connectivity index (χ4n) is 0.258. The van der Waals surface area contributed by atoms with Crippen molar-refractivity contribution in [2.75, 3.05) is 0 Å². The van der Waals surface area contributed by atoms with Crippen molar-refractivity contribution in [3.63, 3.8) is 0 Å². The summed E-state index contributed by atoms with van der Waals surface area (Å²) in [7, 11) is -10.3. The standard InChI is InChI=1S/C4H6O6.C2H4O2.CH2O2.BrH.3ClH.K.Li.Mg.2NO3.H3N.7Na.2H2O4S.Sr/c5-1(3(7)8)2(6)4(9)10;1-2(3)4;2-1-3;;;;;;;;2*2-1(3)4;;;;;;;;;2*1-5(2,3)4;/h1-2,5-6H,(H,7,8)(H,9,10);1H3,(H,3,4);1H,(H,2,3);4*1H;;;;;;1H3;;;;;;;;2*(H2,1,2,3,4);/q;;;;;;;2*+1;+2;2*-1;;7*+1;;;+2/p-11. The van der Waals surface area contributed by atoms with Crippen LogP contribution in [-0.2, 0) is 40.0 Å². The van der Waals surface area contributed by atoms with Crippen molar-refractivity contribution in [3.8, 4) is 0 Å². The molecule has 0 aliphatic heterocycles. The zero-order valence-electron chi connectivity index (χ0n) is 28.5. The number of aliphatic carboxylic acids is 3. The summed E-state index contributed by atoms with van der Waals surface area (Å²) in [6, 6.07) is 0. The van der Waals surface area contributed by atoms with Crippen molar-refractivity contribution in [3.05, 3.63) is 30.6 Å². The van der Waals surface area contributed by atoms with Crippen LogP contribution in [0.4, 0.5) is 0 Å². The third-order valence-corrected chi connectivity index (χ3v) is 0.782. The summed E-state index contributed by atoms with van der Waals surface area (Å²) in [5.74, 6) is -5.20. The summed E-state index contributed by atoms with van der Waals surface area (Å²) in [5, 5.41) is 82.4. The molecule has 0 spiro atoms. The number of carboxylic acid groups (broad SMARTS) is 4. The normalized spacial score (nSPS) is 7.04. The largest absolute Gasteiger partial charge is 2.00 e. The third kappa shape index (κ3) is 440. The van der Waals surface area contributed by atoms with Crippen LogP contribution in [0.3, 0.4) is 0 Å². The van der Waals surface area contributed by atoms with Crippen LogP contribution < -0.4 is 346 Å². The van der Waals surface area contributed by atoms with Gasteiger partial charge < -0.3 is 147 Å². The second-order valence-electron chi connectivity index (χ2n) is 3.38. The molecule has 2 atom stereocenters. The molecule has 27 nitrogen and oxygen atoms in total. The van der Waals surface area contributed by atoms with Crippen LogP contribution in [0, 0.1) is 30.6 Å². The first-order valence-corrected chi connectivity index (χ1v) is 8.72. The number of carboxylic acids is 3. The molecule has 0 rings (SSSR count). The second-order valence-corrected chi connectivity index (χ2v) is 5.01. The molecule has 51 heavy (non-hydrogen) atoms. The maximum atomic E-state index is 9.63. The predicted octanol–water partition coefficient (Wildman–Crippen LogP) is -47.0. The average Bonchev–Trinajstić information content (AvgIpc) is 2.49. The molecule has 0 aliphatic rings. The Labute approximate surface area is 581 Å². The summed E-state index contributed by atoms with van der Waals surface area (Å²) < 4.78 is 68.2. The van der Waals surface area contributed by atoms with E-state index in [1.807, 2.05) is 0 Å². The predicted molar refractivity (Wildman–Crippen MR) is 104 cm³/mol. The number of hydrogen-bond donors (Lipinski definition) is 3. The number of carbonyl (C=O) groups is 4. The van der Waals surface area contributed by atoms with E-state index in [1.165, 1.54) is 0 Å². The molecule has 0 saturated carbocycles. The quantitative estimate of drug-likeness (QED) is 0.0590. The number of hydrogen-bond acceptors (Lipinski definition) is 25. The Balaban J connectivity index is -0.00000000835. The fraction of sp³-hybridized carbons (Fsp3) is 0.429. The van der Waals surface area contributed by atoms with E-state index in [0.29, 0.717) is 0 Å². The minimum absolute atomic E-state index is 0. The SMILES string of the molecule is CC(=O)[O-].Cl.N.O=C([O-])C(O)C(O)C(=O)[O-].O=C[O-].O=S(=O)([O-])[O-].O=S(=O)([O-])[O-].O=[N+]([O-])[O-].O=[N+]([O-])[O-].[Br-].[Cl-].[Cl-].[K+].[Li+].[Mg+2].[Na+].[Na+].[Na+].[Na+].[Na+].[Na+].[Na+].[Sr+2]. The average molecular weight is 1090 g/mol. The van der Waals surface area contributed by atoms with Crippen LogP contribution in [0.25, 0.3) is 0 Å². The fourth-order valence-corrected chi connectivity index (χ4v) is 0.258. The molecule has 0 fully saturated rings. The molecule has 5 N–H and O–H groups in total. The molecular weight excluding hydrogens is 1080 g/mol. The van der Waals surface area contributed by atoms with Gasteiger partial charge in [0.2, 0.25) is 0 Å². The van der Waals surface area contributed by atoms with Crippen LogP contribution in [-0.4, -0.2) is 161 Å². The van der Waals surface area contributed by atoms with Crippen LogP contribution in [0.15, 0.2) is 0 Å². The molecular formula is C7H12BrCl3KLiMgN3Na7O24S2Sr. The monoisotopic (exact) mass is 1090 g/mol. The van der Waals surface area contributed by atoms with Gasteiger partial charge in [-0.05, 0) is 6.92 Å². The van der Waals surface area contributed by atoms with Crippen molar-refractivity contribution in [1.82, 2.24) is 6.15 Å². The minimum Gasteiger partial charge on any atom is -1.00 e. The van der Waals surface area contributed by atoms with E-state index < -0.39 is 67.6 Å².